The molecule has 32 heavy (non-hydrogen) atoms. The van der Waals surface area contributed by atoms with Crippen LogP contribution in [0.3, 0.4) is 0 Å². The van der Waals surface area contributed by atoms with Gasteiger partial charge in [-0.1, -0.05) is 18.2 Å². The highest BCUT2D eigenvalue weighted by Crippen LogP contribution is 2.24. The molecule has 0 fully saturated rings. The number of carbonyl (C=O) groups is 1. The molecule has 0 aliphatic carbocycles. The van der Waals surface area contributed by atoms with E-state index in [1.165, 1.54) is 11.3 Å². The molecule has 2 aromatic carbocycles. The van der Waals surface area contributed by atoms with E-state index >= 15 is 0 Å². The summed E-state index contributed by atoms with van der Waals surface area (Å²) in [5, 5.41) is 11.2. The molecule has 4 rings (SSSR count). The fourth-order valence-corrected chi connectivity index (χ4v) is 3.60. The Morgan fingerprint density at radius 2 is 1.97 bits per heavy atom. The maximum Gasteiger partial charge on any atom is 0.255 e. The standard InChI is InChI=1S/C23H18N6OS2/c1-15-2-5-17(21(30)27-18-6-3-16(4-7-18)13-24-14-31)12-20(15)29-23-26-9-8-19(28-23)22-25-10-11-32-22/h2-12H,13H2,1H3,(H,27,30)(H,26,28,29). The van der Waals surface area contributed by atoms with Gasteiger partial charge in [-0.15, -0.1) is 11.3 Å². The van der Waals surface area contributed by atoms with Gasteiger partial charge in [0.15, 0.2) is 0 Å². The minimum atomic E-state index is -0.213. The summed E-state index contributed by atoms with van der Waals surface area (Å²) in [6.07, 6.45) is 3.42. The topological polar surface area (TPSA) is 92.2 Å². The summed E-state index contributed by atoms with van der Waals surface area (Å²) < 4.78 is 0. The minimum Gasteiger partial charge on any atom is -0.324 e. The van der Waals surface area contributed by atoms with Crippen molar-refractivity contribution in [3.05, 3.63) is 83.0 Å². The highest BCUT2D eigenvalue weighted by Gasteiger charge is 2.11. The van der Waals surface area contributed by atoms with Crippen molar-refractivity contribution in [2.45, 2.75) is 13.5 Å². The van der Waals surface area contributed by atoms with Crippen molar-refractivity contribution in [1.82, 2.24) is 15.0 Å². The van der Waals surface area contributed by atoms with E-state index in [1.54, 1.807) is 24.5 Å². The van der Waals surface area contributed by atoms with Crippen LogP contribution < -0.4 is 10.6 Å². The lowest BCUT2D eigenvalue weighted by Crippen LogP contribution is -2.12. The number of isothiocyanates is 1. The Morgan fingerprint density at radius 3 is 2.72 bits per heavy atom. The molecule has 2 N–H and O–H groups in total. The van der Waals surface area contributed by atoms with Crippen molar-refractivity contribution in [2.75, 3.05) is 10.6 Å². The van der Waals surface area contributed by atoms with Gasteiger partial charge < -0.3 is 10.6 Å². The quantitative estimate of drug-likeness (QED) is 0.280. The Kier molecular flexibility index (Phi) is 6.72. The van der Waals surface area contributed by atoms with Crippen LogP contribution in [0.5, 0.6) is 0 Å². The zero-order valence-corrected chi connectivity index (χ0v) is 18.7. The SMILES string of the molecule is Cc1ccc(C(=O)Nc2ccc(CN=C=S)cc2)cc1Nc1nccc(-c2nccs2)n1. The lowest BCUT2D eigenvalue weighted by Gasteiger charge is -2.11. The first-order valence-corrected chi connectivity index (χ1v) is 11.0. The van der Waals surface area contributed by atoms with E-state index in [0.717, 1.165) is 27.5 Å². The molecule has 0 atom stereocenters. The number of carbonyl (C=O) groups excluding carboxylic acids is 1. The zero-order valence-electron chi connectivity index (χ0n) is 17.1. The van der Waals surface area contributed by atoms with Crippen molar-refractivity contribution >= 4 is 51.9 Å². The zero-order chi connectivity index (χ0) is 22.3. The van der Waals surface area contributed by atoms with E-state index in [0.29, 0.717) is 23.7 Å². The molecule has 158 valence electrons. The third-order valence-electron chi connectivity index (χ3n) is 4.59. The first kappa shape index (κ1) is 21.5. The van der Waals surface area contributed by atoms with Crippen molar-refractivity contribution in [3.8, 4) is 10.7 Å². The first-order chi connectivity index (χ1) is 15.6. The van der Waals surface area contributed by atoms with Crippen molar-refractivity contribution in [3.63, 3.8) is 0 Å². The van der Waals surface area contributed by atoms with Crippen LogP contribution in [0.1, 0.15) is 21.5 Å². The van der Waals surface area contributed by atoms with E-state index in [-0.39, 0.29) is 5.91 Å². The number of hydrogen-bond acceptors (Lipinski definition) is 8. The number of nitrogens with one attached hydrogen (secondary N) is 2. The fourth-order valence-electron chi connectivity index (χ4n) is 2.93. The molecule has 0 radical (unpaired) electrons. The summed E-state index contributed by atoms with van der Waals surface area (Å²) in [5.74, 6) is 0.225. The Bertz CT molecular complexity index is 1280. The number of aryl methyl sites for hydroxylation is 1. The summed E-state index contributed by atoms with van der Waals surface area (Å²) in [6, 6.07) is 14.7. The second-order valence-corrected chi connectivity index (χ2v) is 7.89. The Labute approximate surface area is 194 Å². The van der Waals surface area contributed by atoms with E-state index in [9.17, 15) is 4.79 Å². The van der Waals surface area contributed by atoms with Gasteiger partial charge in [0.1, 0.15) is 10.7 Å². The summed E-state index contributed by atoms with van der Waals surface area (Å²) in [5.41, 5.74) is 4.66. The number of nitrogens with zero attached hydrogens (tertiary/aromatic N) is 4. The Morgan fingerprint density at radius 1 is 1.12 bits per heavy atom. The predicted molar refractivity (Wildman–Crippen MR) is 131 cm³/mol. The molecule has 9 heteroatoms. The van der Waals surface area contributed by atoms with Crippen LogP contribution in [0.2, 0.25) is 0 Å². The van der Waals surface area contributed by atoms with Crippen LogP contribution >= 0.6 is 23.6 Å². The average molecular weight is 459 g/mol. The van der Waals surface area contributed by atoms with Crippen molar-refractivity contribution in [1.29, 1.82) is 0 Å². The average Bonchev–Trinajstić information content (AvgIpc) is 3.35. The molecule has 1 amide bonds. The number of anilines is 3. The number of thiocarbonyl (C=S) groups is 1. The molecule has 0 aliphatic rings. The highest BCUT2D eigenvalue weighted by atomic mass is 32.1. The highest BCUT2D eigenvalue weighted by molar-refractivity contribution is 7.78. The number of aromatic nitrogens is 3. The van der Waals surface area contributed by atoms with Gasteiger partial charge in [-0.05, 0) is 60.6 Å². The molecule has 2 aromatic heterocycles. The molecule has 7 nitrogen and oxygen atoms in total. The molecule has 0 unspecified atom stereocenters. The van der Waals surface area contributed by atoms with Gasteiger partial charge in [0.25, 0.3) is 5.91 Å². The van der Waals surface area contributed by atoms with Crippen LogP contribution in [0.15, 0.2) is 71.3 Å². The van der Waals surface area contributed by atoms with Crippen LogP contribution in [0.25, 0.3) is 10.7 Å². The number of hydrogen-bond donors (Lipinski definition) is 2. The van der Waals surface area contributed by atoms with Crippen LogP contribution in [-0.2, 0) is 6.54 Å². The molecule has 0 saturated carbocycles. The second kappa shape index (κ2) is 10.0. The lowest BCUT2D eigenvalue weighted by atomic mass is 10.1. The van der Waals surface area contributed by atoms with Gasteiger partial charge in [0.05, 0.1) is 11.7 Å². The molecule has 0 saturated heterocycles. The lowest BCUT2D eigenvalue weighted by molar-refractivity contribution is 0.102. The molecule has 0 bridgehead atoms. The Hall–Kier alpha value is -3.78. The normalized spacial score (nSPS) is 10.3. The second-order valence-electron chi connectivity index (χ2n) is 6.82. The van der Waals surface area contributed by atoms with Gasteiger partial charge in [-0.3, -0.25) is 4.79 Å². The van der Waals surface area contributed by atoms with E-state index in [1.807, 2.05) is 48.7 Å². The van der Waals surface area contributed by atoms with Gasteiger partial charge >= 0.3 is 0 Å². The van der Waals surface area contributed by atoms with E-state index in [2.05, 4.69) is 48.0 Å². The number of thiazole rings is 1. The third-order valence-corrected chi connectivity index (χ3v) is 5.52. The maximum absolute atomic E-state index is 12.8. The largest absolute Gasteiger partial charge is 0.324 e. The molecule has 2 heterocycles. The van der Waals surface area contributed by atoms with E-state index < -0.39 is 0 Å². The van der Waals surface area contributed by atoms with E-state index in [4.69, 9.17) is 0 Å². The maximum atomic E-state index is 12.8. The van der Waals surface area contributed by atoms with Crippen LogP contribution in [0, 0.1) is 6.92 Å². The molecule has 0 spiro atoms. The smallest absolute Gasteiger partial charge is 0.255 e. The predicted octanol–water partition coefficient (Wildman–Crippen LogP) is 5.51. The number of benzene rings is 2. The molecular weight excluding hydrogens is 440 g/mol. The summed E-state index contributed by atoms with van der Waals surface area (Å²) in [4.78, 5) is 29.8. The minimum absolute atomic E-state index is 0.213. The summed E-state index contributed by atoms with van der Waals surface area (Å²) in [6.45, 7) is 2.42. The number of rotatable bonds is 7. The molecular formula is C23H18N6OS2. The third kappa shape index (κ3) is 5.28. The van der Waals surface area contributed by atoms with Crippen molar-refractivity contribution in [2.24, 2.45) is 4.99 Å². The number of amides is 1. The Balaban J connectivity index is 1.49. The van der Waals surface area contributed by atoms with Gasteiger partial charge in [-0.25, -0.2) is 19.9 Å². The molecule has 4 aromatic rings. The van der Waals surface area contributed by atoms with Crippen LogP contribution in [-0.4, -0.2) is 26.0 Å². The fraction of sp³-hybridized carbons (Fsp3) is 0.0870. The van der Waals surface area contributed by atoms with Gasteiger partial charge in [-0.2, -0.15) is 0 Å². The monoisotopic (exact) mass is 458 g/mol. The van der Waals surface area contributed by atoms with Gasteiger partial charge in [0.2, 0.25) is 5.95 Å². The number of aliphatic imine (C=N–C) groups is 1. The summed E-state index contributed by atoms with van der Waals surface area (Å²) in [7, 11) is 0. The molecule has 0 aliphatic heterocycles. The van der Waals surface area contributed by atoms with Crippen molar-refractivity contribution < 1.29 is 4.79 Å². The first-order valence-electron chi connectivity index (χ1n) is 9.67. The van der Waals surface area contributed by atoms with Crippen LogP contribution in [0.4, 0.5) is 17.3 Å². The summed E-state index contributed by atoms with van der Waals surface area (Å²) >= 11 is 6.10. The van der Waals surface area contributed by atoms with Gasteiger partial charge in [0, 0.05) is 34.7 Å².